The van der Waals surface area contributed by atoms with Gasteiger partial charge in [-0.2, -0.15) is 10.2 Å². The first-order valence-electron chi connectivity index (χ1n) is 22.6. The lowest BCUT2D eigenvalue weighted by Gasteiger charge is -2.38. The van der Waals surface area contributed by atoms with Gasteiger partial charge in [0.2, 0.25) is 11.8 Å². The molecule has 0 saturated carbocycles. The van der Waals surface area contributed by atoms with Crippen molar-refractivity contribution in [3.05, 3.63) is 39.4 Å². The second-order valence-electron chi connectivity index (χ2n) is 20.0. The predicted octanol–water partition coefficient (Wildman–Crippen LogP) is 11.8. The summed E-state index contributed by atoms with van der Waals surface area (Å²) in [6.07, 6.45) is 4.84. The van der Waals surface area contributed by atoms with Crippen molar-refractivity contribution in [2.45, 2.75) is 175 Å². The standard InChI is InChI=1S/C47H76IN7O4Si2/c1-31(2)58-45-43(48)44(54(51-45)24-26-57-60(16,17)47(11,12)13)36(10)52(14)30-35(9)59-46-39(29-49-53(46)15)37-21-22-41-38(28-37)40(50-55(41)42-20-18-19-25-56-42)23-27-61(32(3)4,33(5)6)34(7)8/h21-22,28-29,31-36,42H,18-20,24-26,30H2,1-17H3/t35-,36?,42?/m0/s1. The summed E-state index contributed by atoms with van der Waals surface area (Å²) in [5, 5.41) is 16.1. The molecule has 0 N–H and O–H groups in total. The van der Waals surface area contributed by atoms with Crippen LogP contribution in [0.25, 0.3) is 22.0 Å². The summed E-state index contributed by atoms with van der Waals surface area (Å²) < 4.78 is 32.9. The van der Waals surface area contributed by atoms with Crippen LogP contribution in [-0.4, -0.2) is 89.6 Å². The number of rotatable bonds is 17. The fourth-order valence-corrected chi connectivity index (χ4v) is 16.0. The fourth-order valence-electron chi connectivity index (χ4n) is 8.80. The van der Waals surface area contributed by atoms with Crippen LogP contribution in [0.2, 0.25) is 34.8 Å². The summed E-state index contributed by atoms with van der Waals surface area (Å²) in [5.74, 6) is 5.10. The van der Waals surface area contributed by atoms with Crippen LogP contribution < -0.4 is 9.47 Å². The molecular weight excluding hydrogens is 910 g/mol. The number of benzene rings is 1. The molecule has 3 aromatic heterocycles. The van der Waals surface area contributed by atoms with E-state index in [9.17, 15) is 0 Å². The third-order valence-electron chi connectivity index (χ3n) is 13.3. The van der Waals surface area contributed by atoms with E-state index in [4.69, 9.17) is 33.9 Å². The van der Waals surface area contributed by atoms with Crippen LogP contribution in [0.3, 0.4) is 0 Å². The highest BCUT2D eigenvalue weighted by Crippen LogP contribution is 2.42. The van der Waals surface area contributed by atoms with E-state index in [1.807, 2.05) is 31.8 Å². The van der Waals surface area contributed by atoms with Gasteiger partial charge in [0.15, 0.2) is 14.5 Å². The first kappa shape index (κ1) is 49.3. The Hall–Kier alpha value is -2.69. The number of aryl methyl sites for hydroxylation is 1. The third-order valence-corrected chi connectivity index (χ3v) is 25.2. The number of nitrogens with zero attached hydrogens (tertiary/aromatic N) is 7. The van der Waals surface area contributed by atoms with Crippen LogP contribution in [0.15, 0.2) is 24.4 Å². The molecule has 4 aromatic rings. The summed E-state index contributed by atoms with van der Waals surface area (Å²) in [6.45, 7) is 36.7. The van der Waals surface area contributed by atoms with Crippen LogP contribution in [0.1, 0.15) is 133 Å². The Labute approximate surface area is 383 Å². The van der Waals surface area contributed by atoms with Gasteiger partial charge in [-0.25, -0.2) is 9.36 Å². The van der Waals surface area contributed by atoms with Gasteiger partial charge in [0.1, 0.15) is 19.9 Å². The summed E-state index contributed by atoms with van der Waals surface area (Å²) in [7, 11) is 0.185. The van der Waals surface area contributed by atoms with Crippen molar-refractivity contribution < 1.29 is 18.6 Å². The number of hydrogen-bond donors (Lipinski definition) is 0. The maximum atomic E-state index is 6.82. The molecule has 11 nitrogen and oxygen atoms in total. The molecule has 1 aliphatic rings. The number of hydrogen-bond acceptors (Lipinski definition) is 8. The Balaban J connectivity index is 1.43. The highest BCUT2D eigenvalue weighted by molar-refractivity contribution is 14.1. The van der Waals surface area contributed by atoms with E-state index in [-0.39, 0.29) is 29.5 Å². The molecule has 338 valence electrons. The molecule has 0 radical (unpaired) electrons. The minimum Gasteiger partial charge on any atom is -0.473 e. The second-order valence-corrected chi connectivity index (χ2v) is 31.5. The van der Waals surface area contributed by atoms with Gasteiger partial charge in [-0.3, -0.25) is 9.58 Å². The maximum absolute atomic E-state index is 6.82. The van der Waals surface area contributed by atoms with E-state index >= 15 is 0 Å². The molecule has 61 heavy (non-hydrogen) atoms. The Morgan fingerprint density at radius 2 is 1.64 bits per heavy atom. The number of halogens is 1. The topological polar surface area (TPSA) is 93.6 Å². The highest BCUT2D eigenvalue weighted by Gasteiger charge is 2.42. The molecule has 1 aliphatic heterocycles. The zero-order chi connectivity index (χ0) is 45.2. The van der Waals surface area contributed by atoms with E-state index in [1.54, 1.807) is 0 Å². The Kier molecular flexibility index (Phi) is 16.2. The van der Waals surface area contributed by atoms with E-state index < -0.39 is 16.4 Å². The Morgan fingerprint density at radius 3 is 2.23 bits per heavy atom. The van der Waals surface area contributed by atoms with Crippen molar-refractivity contribution in [2.24, 2.45) is 7.05 Å². The molecular formula is C47H76IN7O4Si2. The van der Waals surface area contributed by atoms with Gasteiger partial charge in [-0.05, 0) is 129 Å². The van der Waals surface area contributed by atoms with Gasteiger partial charge in [0.25, 0.3) is 0 Å². The average Bonchev–Trinajstić information content (AvgIpc) is 3.82. The molecule has 2 unspecified atom stereocenters. The molecule has 0 amide bonds. The van der Waals surface area contributed by atoms with Crippen molar-refractivity contribution in [2.75, 3.05) is 26.8 Å². The molecule has 3 atom stereocenters. The lowest BCUT2D eigenvalue weighted by atomic mass is 10.1. The van der Waals surface area contributed by atoms with Crippen molar-refractivity contribution in [1.29, 1.82) is 0 Å². The molecule has 1 aromatic carbocycles. The van der Waals surface area contributed by atoms with Gasteiger partial charge < -0.3 is 18.6 Å². The lowest BCUT2D eigenvalue weighted by molar-refractivity contribution is -0.0367. The Bertz CT molecular complexity index is 2130. The number of aromatic nitrogens is 6. The maximum Gasteiger partial charge on any atom is 0.247 e. The molecule has 0 spiro atoms. The molecule has 1 fully saturated rings. The molecule has 0 bridgehead atoms. The van der Waals surface area contributed by atoms with Crippen LogP contribution in [0.4, 0.5) is 0 Å². The van der Waals surface area contributed by atoms with Crippen LogP contribution in [-0.2, 0) is 22.8 Å². The van der Waals surface area contributed by atoms with E-state index in [0.717, 1.165) is 68.7 Å². The van der Waals surface area contributed by atoms with Gasteiger partial charge in [0.05, 0.1) is 45.8 Å². The van der Waals surface area contributed by atoms with Crippen molar-refractivity contribution in [3.63, 3.8) is 0 Å². The summed E-state index contributed by atoms with van der Waals surface area (Å²) in [5.41, 5.74) is 10.5. The first-order chi connectivity index (χ1) is 28.5. The average molecular weight is 986 g/mol. The molecule has 1 saturated heterocycles. The quantitative estimate of drug-likeness (QED) is 0.0587. The Morgan fingerprint density at radius 1 is 0.967 bits per heavy atom. The van der Waals surface area contributed by atoms with Gasteiger partial charge in [-0.1, -0.05) is 74.3 Å². The van der Waals surface area contributed by atoms with Crippen molar-refractivity contribution >= 4 is 49.9 Å². The minimum absolute atomic E-state index is 0.0193. The second kappa shape index (κ2) is 20.0. The highest BCUT2D eigenvalue weighted by atomic mass is 127. The predicted molar refractivity (Wildman–Crippen MR) is 264 cm³/mol. The summed E-state index contributed by atoms with van der Waals surface area (Å²) in [4.78, 5) is 2.33. The van der Waals surface area contributed by atoms with E-state index in [2.05, 4.69) is 163 Å². The number of fused-ring (bicyclic) bond motifs is 1. The zero-order valence-corrected chi connectivity index (χ0v) is 44.6. The monoisotopic (exact) mass is 985 g/mol. The van der Waals surface area contributed by atoms with Crippen LogP contribution in [0.5, 0.6) is 11.8 Å². The van der Waals surface area contributed by atoms with E-state index in [0.29, 0.717) is 42.2 Å². The molecule has 4 heterocycles. The van der Waals surface area contributed by atoms with Gasteiger partial charge in [0, 0.05) is 31.6 Å². The van der Waals surface area contributed by atoms with Crippen molar-refractivity contribution in [3.8, 4) is 34.4 Å². The van der Waals surface area contributed by atoms with Gasteiger partial charge in [-0.15, -0.1) is 10.6 Å². The van der Waals surface area contributed by atoms with Crippen LogP contribution in [0, 0.1) is 15.0 Å². The third kappa shape index (κ3) is 10.8. The minimum atomic E-state index is -2.00. The SMILES string of the molecule is CC(C)Oc1nn(CCO[Si](C)(C)C(C)(C)C)c(C(C)N(C)C[C@H](C)Oc2c(-c3ccc4c(c3)c(C#C[Si](C(C)C)(C(C)C)C(C)C)nn4C3CCCCO3)cnn2C)c1I. The van der Waals surface area contributed by atoms with Crippen molar-refractivity contribution in [1.82, 2.24) is 34.2 Å². The molecule has 14 heteroatoms. The first-order valence-corrected chi connectivity index (χ1v) is 28.8. The smallest absolute Gasteiger partial charge is 0.247 e. The largest absolute Gasteiger partial charge is 0.473 e. The number of ether oxygens (including phenoxy) is 3. The number of likely N-dealkylation sites (N-methyl/N-ethyl adjacent to an activating group) is 1. The zero-order valence-electron chi connectivity index (χ0n) is 40.4. The molecule has 5 rings (SSSR count). The van der Waals surface area contributed by atoms with Gasteiger partial charge >= 0.3 is 0 Å². The van der Waals surface area contributed by atoms with E-state index in [1.165, 1.54) is 0 Å². The normalized spacial score (nSPS) is 16.6. The summed E-state index contributed by atoms with van der Waals surface area (Å²) >= 11 is 2.40. The lowest BCUT2D eigenvalue weighted by Crippen LogP contribution is -2.43. The van der Waals surface area contributed by atoms with Crippen LogP contribution >= 0.6 is 22.6 Å². The molecule has 0 aliphatic carbocycles. The fraction of sp³-hybridized carbons (Fsp3) is 0.681. The summed E-state index contributed by atoms with van der Waals surface area (Å²) in [6, 6.07) is 6.60.